The fraction of sp³-hybridized carbons (Fsp3) is 0.278. The molecule has 0 unspecified atom stereocenters. The number of rotatable bonds is 9. The second kappa shape index (κ2) is 11.9. The number of carbonyl (C=O) groups excluding carboxylic acids is 1. The van der Waals surface area contributed by atoms with E-state index in [-0.39, 0.29) is 17.2 Å². The zero-order valence-corrected chi connectivity index (χ0v) is 24.0. The third-order valence-electron chi connectivity index (χ3n) is 7.67. The van der Waals surface area contributed by atoms with E-state index in [0.29, 0.717) is 19.4 Å². The maximum Gasteiger partial charge on any atom is 0.220 e. The molecule has 5 rings (SSSR count). The van der Waals surface area contributed by atoms with E-state index in [1.807, 2.05) is 18.2 Å². The average Bonchev–Trinajstić information content (AvgIpc) is 3.31. The smallest absolute Gasteiger partial charge is 0.220 e. The van der Waals surface area contributed by atoms with E-state index in [4.69, 9.17) is 0 Å². The number of aryl methyl sites for hydroxylation is 1. The maximum atomic E-state index is 13.3. The largest absolute Gasteiger partial charge is 0.356 e. The number of fused-ring (bicyclic) bond motifs is 1. The Morgan fingerprint density at radius 1 is 0.900 bits per heavy atom. The summed E-state index contributed by atoms with van der Waals surface area (Å²) in [5.74, 6) is -0.00997. The van der Waals surface area contributed by atoms with Crippen molar-refractivity contribution in [1.29, 1.82) is 0 Å². The van der Waals surface area contributed by atoms with Gasteiger partial charge in [0, 0.05) is 60.8 Å². The standard InChI is InChI=1S/C36H39N3O/c1-26-12-14-27(15-13-26)24-39-25-33(31-10-5-6-11-34(31)39)32(28-16-18-29(19-17-28)36(2,3)4)23-35(40)38-22-20-30-9-7-8-21-37-30/h5-19,21,25,32H,20,22-24H2,1-4H3,(H,38,40)/t32-/m1/s1. The summed E-state index contributed by atoms with van der Waals surface area (Å²) in [5.41, 5.74) is 8.39. The molecule has 5 aromatic rings. The van der Waals surface area contributed by atoms with Crippen LogP contribution >= 0.6 is 0 Å². The monoisotopic (exact) mass is 529 g/mol. The SMILES string of the molecule is Cc1ccc(Cn2cc([C@H](CC(=O)NCCc3ccccn3)c3ccc(C(C)(C)C)cc3)c3ccccc32)cc1. The average molecular weight is 530 g/mol. The summed E-state index contributed by atoms with van der Waals surface area (Å²) >= 11 is 0. The zero-order chi connectivity index (χ0) is 28.1. The second-order valence-electron chi connectivity index (χ2n) is 11.8. The number of hydrogen-bond donors (Lipinski definition) is 1. The number of pyridine rings is 1. The van der Waals surface area contributed by atoms with Gasteiger partial charge in [-0.15, -0.1) is 0 Å². The number of hydrogen-bond acceptors (Lipinski definition) is 2. The van der Waals surface area contributed by atoms with Gasteiger partial charge in [-0.1, -0.05) is 99.1 Å². The fourth-order valence-electron chi connectivity index (χ4n) is 5.33. The van der Waals surface area contributed by atoms with Crippen LogP contribution in [0.5, 0.6) is 0 Å². The highest BCUT2D eigenvalue weighted by atomic mass is 16.1. The third-order valence-corrected chi connectivity index (χ3v) is 7.67. The van der Waals surface area contributed by atoms with E-state index in [0.717, 1.165) is 17.8 Å². The maximum absolute atomic E-state index is 13.3. The second-order valence-corrected chi connectivity index (χ2v) is 11.8. The van der Waals surface area contributed by atoms with E-state index >= 15 is 0 Å². The van der Waals surface area contributed by atoms with Gasteiger partial charge in [-0.3, -0.25) is 9.78 Å². The summed E-state index contributed by atoms with van der Waals surface area (Å²) in [6, 6.07) is 32.0. The molecule has 204 valence electrons. The molecule has 1 amide bonds. The van der Waals surface area contributed by atoms with Crippen molar-refractivity contribution in [2.24, 2.45) is 0 Å². The Bertz CT molecular complexity index is 1560. The molecule has 2 heterocycles. The van der Waals surface area contributed by atoms with Crippen LogP contribution in [0.3, 0.4) is 0 Å². The van der Waals surface area contributed by atoms with E-state index < -0.39 is 0 Å². The number of aromatic nitrogens is 2. The molecule has 2 aromatic heterocycles. The van der Waals surface area contributed by atoms with Gasteiger partial charge in [-0.2, -0.15) is 0 Å². The van der Waals surface area contributed by atoms with Gasteiger partial charge in [0.25, 0.3) is 0 Å². The molecule has 0 aliphatic rings. The number of carbonyl (C=O) groups is 1. The molecule has 40 heavy (non-hydrogen) atoms. The predicted octanol–water partition coefficient (Wildman–Crippen LogP) is 7.57. The third kappa shape index (κ3) is 6.51. The highest BCUT2D eigenvalue weighted by Gasteiger charge is 2.24. The van der Waals surface area contributed by atoms with Crippen molar-refractivity contribution in [3.8, 4) is 0 Å². The lowest BCUT2D eigenvalue weighted by atomic mass is 9.83. The van der Waals surface area contributed by atoms with Crippen LogP contribution in [-0.2, 0) is 23.2 Å². The van der Waals surface area contributed by atoms with E-state index in [1.165, 1.54) is 33.2 Å². The van der Waals surface area contributed by atoms with Crippen molar-refractivity contribution in [2.75, 3.05) is 6.54 Å². The number of amides is 1. The minimum absolute atomic E-state index is 0.0520. The molecule has 0 spiro atoms. The summed E-state index contributed by atoms with van der Waals surface area (Å²) in [7, 11) is 0. The van der Waals surface area contributed by atoms with Crippen LogP contribution in [0.4, 0.5) is 0 Å². The first kappa shape index (κ1) is 27.4. The summed E-state index contributed by atoms with van der Waals surface area (Å²) in [4.78, 5) is 17.7. The normalized spacial score (nSPS) is 12.4. The lowest BCUT2D eigenvalue weighted by molar-refractivity contribution is -0.121. The summed E-state index contributed by atoms with van der Waals surface area (Å²) in [5, 5.41) is 4.35. The molecule has 1 N–H and O–H groups in total. The van der Waals surface area contributed by atoms with Crippen LogP contribution in [0.25, 0.3) is 10.9 Å². The van der Waals surface area contributed by atoms with Gasteiger partial charge in [-0.25, -0.2) is 0 Å². The van der Waals surface area contributed by atoms with Crippen LogP contribution in [-0.4, -0.2) is 22.0 Å². The minimum atomic E-state index is -0.0620. The molecular formula is C36H39N3O. The van der Waals surface area contributed by atoms with Crippen LogP contribution in [0.2, 0.25) is 0 Å². The predicted molar refractivity (Wildman–Crippen MR) is 165 cm³/mol. The van der Waals surface area contributed by atoms with Crippen molar-refractivity contribution in [2.45, 2.75) is 58.4 Å². The number of nitrogens with zero attached hydrogens (tertiary/aromatic N) is 2. The lowest BCUT2D eigenvalue weighted by Crippen LogP contribution is -2.27. The van der Waals surface area contributed by atoms with Gasteiger partial charge < -0.3 is 9.88 Å². The highest BCUT2D eigenvalue weighted by Crippen LogP contribution is 2.36. The highest BCUT2D eigenvalue weighted by molar-refractivity contribution is 5.86. The Kier molecular flexibility index (Phi) is 8.16. The van der Waals surface area contributed by atoms with Gasteiger partial charge in [0.1, 0.15) is 0 Å². The Morgan fingerprint density at radius 3 is 2.33 bits per heavy atom. The Labute approximate surface area is 238 Å². The molecule has 0 radical (unpaired) electrons. The first-order chi connectivity index (χ1) is 19.3. The minimum Gasteiger partial charge on any atom is -0.356 e. The Hall–Kier alpha value is -4.18. The van der Waals surface area contributed by atoms with Crippen molar-refractivity contribution >= 4 is 16.8 Å². The van der Waals surface area contributed by atoms with Crippen molar-refractivity contribution in [3.63, 3.8) is 0 Å². The molecule has 4 nitrogen and oxygen atoms in total. The molecular weight excluding hydrogens is 490 g/mol. The number of benzene rings is 3. The van der Waals surface area contributed by atoms with E-state index in [2.05, 4.69) is 122 Å². The molecule has 3 aromatic carbocycles. The van der Waals surface area contributed by atoms with Crippen LogP contribution < -0.4 is 5.32 Å². The molecule has 0 aliphatic carbocycles. The molecule has 0 bridgehead atoms. The van der Waals surface area contributed by atoms with E-state index in [9.17, 15) is 4.79 Å². The van der Waals surface area contributed by atoms with Crippen LogP contribution in [0.15, 0.2) is 103 Å². The first-order valence-electron chi connectivity index (χ1n) is 14.2. The quantitative estimate of drug-likeness (QED) is 0.214. The zero-order valence-electron chi connectivity index (χ0n) is 24.0. The Morgan fingerprint density at radius 2 is 1.62 bits per heavy atom. The molecule has 1 atom stereocenters. The topological polar surface area (TPSA) is 46.9 Å². The molecule has 0 saturated carbocycles. The molecule has 0 saturated heterocycles. The summed E-state index contributed by atoms with van der Waals surface area (Å²) in [6.07, 6.45) is 5.15. The van der Waals surface area contributed by atoms with Crippen LogP contribution in [0, 0.1) is 6.92 Å². The van der Waals surface area contributed by atoms with Crippen molar-refractivity contribution in [1.82, 2.24) is 14.9 Å². The van der Waals surface area contributed by atoms with Crippen molar-refractivity contribution < 1.29 is 4.79 Å². The van der Waals surface area contributed by atoms with Gasteiger partial charge >= 0.3 is 0 Å². The van der Waals surface area contributed by atoms with Gasteiger partial charge in [0.05, 0.1) is 0 Å². The molecule has 0 aliphatic heterocycles. The summed E-state index contributed by atoms with van der Waals surface area (Å²) < 4.78 is 2.32. The van der Waals surface area contributed by atoms with Crippen LogP contribution in [0.1, 0.15) is 66.6 Å². The number of nitrogens with one attached hydrogen (secondary N) is 1. The summed E-state index contributed by atoms with van der Waals surface area (Å²) in [6.45, 7) is 10.2. The van der Waals surface area contributed by atoms with Gasteiger partial charge in [-0.05, 0) is 52.8 Å². The number of para-hydroxylation sites is 1. The fourth-order valence-corrected chi connectivity index (χ4v) is 5.33. The van der Waals surface area contributed by atoms with Crippen molar-refractivity contribution in [3.05, 3.63) is 137 Å². The van der Waals surface area contributed by atoms with E-state index in [1.54, 1.807) is 6.20 Å². The van der Waals surface area contributed by atoms with Gasteiger partial charge in [0.15, 0.2) is 0 Å². The first-order valence-corrected chi connectivity index (χ1v) is 14.2. The Balaban J connectivity index is 1.47. The lowest BCUT2D eigenvalue weighted by Gasteiger charge is -2.22. The van der Waals surface area contributed by atoms with Gasteiger partial charge in [0.2, 0.25) is 5.91 Å². The molecule has 0 fully saturated rings. The molecule has 4 heteroatoms.